The van der Waals surface area contributed by atoms with Crippen molar-refractivity contribution in [3.05, 3.63) is 53.6 Å². The summed E-state index contributed by atoms with van der Waals surface area (Å²) in [6, 6.07) is 14.1. The summed E-state index contributed by atoms with van der Waals surface area (Å²) in [6.07, 6.45) is 0.0475. The molecule has 0 spiro atoms. The average Bonchev–Trinajstić information content (AvgIpc) is 2.76. The molecule has 3 nitrogen and oxygen atoms in total. The lowest BCUT2D eigenvalue weighted by Gasteiger charge is -2.11. The van der Waals surface area contributed by atoms with E-state index in [0.717, 1.165) is 6.42 Å². The second-order valence-electron chi connectivity index (χ2n) is 4.75. The van der Waals surface area contributed by atoms with Gasteiger partial charge in [0, 0.05) is 0 Å². The van der Waals surface area contributed by atoms with Gasteiger partial charge in [0.15, 0.2) is 6.10 Å². The van der Waals surface area contributed by atoms with Gasteiger partial charge in [0.05, 0.1) is 0 Å². The van der Waals surface area contributed by atoms with Crippen molar-refractivity contribution in [2.75, 3.05) is 0 Å². The quantitative estimate of drug-likeness (QED) is 0.781. The van der Waals surface area contributed by atoms with Crippen molar-refractivity contribution in [1.29, 1.82) is 0 Å². The molecule has 0 saturated heterocycles. The third kappa shape index (κ3) is 2.08. The molecular formula is C16H14O3. The smallest absolute Gasteiger partial charge is 0.344 e. The van der Waals surface area contributed by atoms with Gasteiger partial charge in [-0.05, 0) is 47.7 Å². The summed E-state index contributed by atoms with van der Waals surface area (Å²) in [7, 11) is 0. The van der Waals surface area contributed by atoms with Crippen molar-refractivity contribution in [2.24, 2.45) is 0 Å². The van der Waals surface area contributed by atoms with Crippen LogP contribution in [0.4, 0.5) is 0 Å². The molecule has 1 atom stereocenters. The molecule has 3 rings (SSSR count). The van der Waals surface area contributed by atoms with Gasteiger partial charge in [-0.25, -0.2) is 4.79 Å². The Morgan fingerprint density at radius 1 is 1.16 bits per heavy atom. The van der Waals surface area contributed by atoms with Crippen molar-refractivity contribution in [3.8, 4) is 16.9 Å². The van der Waals surface area contributed by atoms with E-state index in [-0.39, 0.29) is 0 Å². The minimum Gasteiger partial charge on any atom is -0.479 e. The number of fused-ring (bicyclic) bond motifs is 3. The maximum atomic E-state index is 10.8. The largest absolute Gasteiger partial charge is 0.479 e. The molecule has 0 radical (unpaired) electrons. The summed E-state index contributed by atoms with van der Waals surface area (Å²) < 4.78 is 5.40. The Hall–Kier alpha value is -2.29. The van der Waals surface area contributed by atoms with Gasteiger partial charge >= 0.3 is 5.97 Å². The fourth-order valence-electron chi connectivity index (χ4n) is 2.45. The molecule has 3 heteroatoms. The van der Waals surface area contributed by atoms with E-state index in [1.54, 1.807) is 0 Å². The van der Waals surface area contributed by atoms with E-state index >= 15 is 0 Å². The first-order valence-corrected chi connectivity index (χ1v) is 6.26. The predicted octanol–water partition coefficient (Wildman–Crippen LogP) is 3.11. The second-order valence-corrected chi connectivity index (χ2v) is 4.75. The van der Waals surface area contributed by atoms with E-state index in [4.69, 9.17) is 9.84 Å². The number of hydrogen-bond donors (Lipinski definition) is 1. The lowest BCUT2D eigenvalue weighted by Crippen LogP contribution is -2.22. The fourth-order valence-corrected chi connectivity index (χ4v) is 2.45. The number of carboxylic acid groups (broad SMARTS) is 1. The first kappa shape index (κ1) is 11.8. The molecule has 0 aromatic heterocycles. The van der Waals surface area contributed by atoms with E-state index in [0.29, 0.717) is 5.75 Å². The summed E-state index contributed by atoms with van der Waals surface area (Å²) in [5, 5.41) is 8.85. The van der Waals surface area contributed by atoms with E-state index in [9.17, 15) is 4.79 Å². The molecule has 1 unspecified atom stereocenters. The first-order chi connectivity index (χ1) is 9.15. The summed E-state index contributed by atoms with van der Waals surface area (Å²) in [5.41, 5.74) is 4.97. The summed E-state index contributed by atoms with van der Waals surface area (Å²) in [5.74, 6) is -0.342. The number of ether oxygens (including phenoxy) is 1. The Morgan fingerprint density at radius 3 is 2.68 bits per heavy atom. The van der Waals surface area contributed by atoms with Crippen LogP contribution in [0, 0.1) is 0 Å². The third-order valence-electron chi connectivity index (χ3n) is 3.43. The Kier molecular flexibility index (Phi) is 2.75. The molecule has 0 aliphatic heterocycles. The van der Waals surface area contributed by atoms with Gasteiger partial charge in [0.2, 0.25) is 0 Å². The van der Waals surface area contributed by atoms with Crippen LogP contribution in [0.1, 0.15) is 18.1 Å². The van der Waals surface area contributed by atoms with Crippen LogP contribution in [0.2, 0.25) is 0 Å². The van der Waals surface area contributed by atoms with Crippen LogP contribution in [-0.2, 0) is 11.2 Å². The molecule has 0 fully saturated rings. The van der Waals surface area contributed by atoms with Gasteiger partial charge < -0.3 is 9.84 Å². The molecule has 0 amide bonds. The summed E-state index contributed by atoms with van der Waals surface area (Å²) in [4.78, 5) is 10.8. The maximum absolute atomic E-state index is 10.8. The molecular weight excluding hydrogens is 240 g/mol. The monoisotopic (exact) mass is 254 g/mol. The van der Waals surface area contributed by atoms with E-state index in [1.807, 2.05) is 30.3 Å². The second kappa shape index (κ2) is 4.43. The standard InChI is InChI=1S/C16H14O3/c1-10(16(17)18)19-13-6-7-15-12(9-13)8-11-4-2-3-5-14(11)15/h2-7,9-10H,8H2,1H3,(H,17,18). The zero-order chi connectivity index (χ0) is 13.4. The van der Waals surface area contributed by atoms with Gasteiger partial charge in [-0.1, -0.05) is 30.3 Å². The van der Waals surface area contributed by atoms with Gasteiger partial charge in [0.1, 0.15) is 5.75 Å². The highest BCUT2D eigenvalue weighted by atomic mass is 16.5. The Labute approximate surface area is 111 Å². The number of carbonyl (C=O) groups is 1. The molecule has 0 bridgehead atoms. The van der Waals surface area contributed by atoms with E-state index < -0.39 is 12.1 Å². The van der Waals surface area contributed by atoms with Crippen LogP contribution in [0.15, 0.2) is 42.5 Å². The van der Waals surface area contributed by atoms with Crippen LogP contribution in [-0.4, -0.2) is 17.2 Å². The van der Waals surface area contributed by atoms with E-state index in [1.165, 1.54) is 29.2 Å². The third-order valence-corrected chi connectivity index (χ3v) is 3.43. The van der Waals surface area contributed by atoms with E-state index in [2.05, 4.69) is 12.1 Å². The minimum absolute atomic E-state index is 0.612. The summed E-state index contributed by atoms with van der Waals surface area (Å²) >= 11 is 0. The topological polar surface area (TPSA) is 46.5 Å². The fraction of sp³-hybridized carbons (Fsp3) is 0.188. The molecule has 1 N–H and O–H groups in total. The van der Waals surface area contributed by atoms with Gasteiger partial charge in [-0.2, -0.15) is 0 Å². The highest BCUT2D eigenvalue weighted by molar-refractivity contribution is 5.77. The zero-order valence-corrected chi connectivity index (χ0v) is 10.6. The summed E-state index contributed by atoms with van der Waals surface area (Å²) in [6.45, 7) is 1.53. The SMILES string of the molecule is CC(Oc1ccc2c(c1)Cc1ccccc1-2)C(=O)O. The molecule has 96 valence electrons. The van der Waals surface area contributed by atoms with Crippen LogP contribution < -0.4 is 4.74 Å². The van der Waals surface area contributed by atoms with Crippen molar-refractivity contribution in [3.63, 3.8) is 0 Å². The lowest BCUT2D eigenvalue weighted by molar-refractivity contribution is -0.144. The normalized spacial score (nSPS) is 13.5. The van der Waals surface area contributed by atoms with Crippen LogP contribution in [0.25, 0.3) is 11.1 Å². The van der Waals surface area contributed by atoms with Crippen molar-refractivity contribution in [1.82, 2.24) is 0 Å². The molecule has 2 aromatic carbocycles. The van der Waals surface area contributed by atoms with Gasteiger partial charge in [-0.3, -0.25) is 0 Å². The average molecular weight is 254 g/mol. The number of benzene rings is 2. The van der Waals surface area contributed by atoms with Gasteiger partial charge in [0.25, 0.3) is 0 Å². The zero-order valence-electron chi connectivity index (χ0n) is 10.6. The predicted molar refractivity (Wildman–Crippen MR) is 72.4 cm³/mol. The van der Waals surface area contributed by atoms with Crippen molar-refractivity contribution >= 4 is 5.97 Å². The molecule has 19 heavy (non-hydrogen) atoms. The molecule has 0 heterocycles. The van der Waals surface area contributed by atoms with Crippen molar-refractivity contribution in [2.45, 2.75) is 19.4 Å². The van der Waals surface area contributed by atoms with Crippen LogP contribution >= 0.6 is 0 Å². The highest BCUT2D eigenvalue weighted by Gasteiger charge is 2.19. The Balaban J connectivity index is 1.91. The lowest BCUT2D eigenvalue weighted by atomic mass is 10.1. The first-order valence-electron chi connectivity index (χ1n) is 6.26. The number of hydrogen-bond acceptors (Lipinski definition) is 2. The van der Waals surface area contributed by atoms with Gasteiger partial charge in [-0.15, -0.1) is 0 Å². The minimum atomic E-state index is -0.955. The number of aliphatic carboxylic acids is 1. The molecule has 0 saturated carbocycles. The van der Waals surface area contributed by atoms with Crippen molar-refractivity contribution < 1.29 is 14.6 Å². The number of carboxylic acids is 1. The Morgan fingerprint density at radius 2 is 1.89 bits per heavy atom. The molecule has 2 aromatic rings. The molecule has 1 aliphatic carbocycles. The molecule has 1 aliphatic rings. The maximum Gasteiger partial charge on any atom is 0.344 e. The van der Waals surface area contributed by atoms with Crippen LogP contribution in [0.3, 0.4) is 0 Å². The number of rotatable bonds is 3. The Bertz CT molecular complexity index is 646. The van der Waals surface area contributed by atoms with Crippen LogP contribution in [0.5, 0.6) is 5.75 Å². The highest BCUT2D eigenvalue weighted by Crippen LogP contribution is 2.38.